The molecule has 1 aliphatic heterocycles. The Morgan fingerprint density at radius 1 is 1.33 bits per heavy atom. The van der Waals surface area contributed by atoms with E-state index in [1.165, 1.54) is 20.3 Å². The van der Waals surface area contributed by atoms with Gasteiger partial charge in [-0.15, -0.1) is 11.3 Å². The predicted molar refractivity (Wildman–Crippen MR) is 92.6 cm³/mol. The third-order valence-corrected chi connectivity index (χ3v) is 6.23. The van der Waals surface area contributed by atoms with Crippen molar-refractivity contribution in [3.8, 4) is 11.5 Å². The third kappa shape index (κ3) is 3.47. The van der Waals surface area contributed by atoms with Crippen LogP contribution in [0.15, 0.2) is 34.7 Å². The molecule has 1 aromatic heterocycles. The molecule has 1 aliphatic rings. The summed E-state index contributed by atoms with van der Waals surface area (Å²) in [5.41, 5.74) is 0. The van der Waals surface area contributed by atoms with Crippen LogP contribution in [0.5, 0.6) is 11.5 Å². The fraction of sp³-hybridized carbons (Fsp3) is 0.400. The zero-order valence-corrected chi connectivity index (χ0v) is 15.1. The number of hydrogen-bond acceptors (Lipinski definition) is 7. The number of hydrogen-bond donors (Lipinski definition) is 1. The van der Waals surface area contributed by atoms with E-state index >= 15 is 0 Å². The van der Waals surface area contributed by atoms with Crippen LogP contribution in [0.4, 0.5) is 5.13 Å². The first kappa shape index (κ1) is 17.0. The van der Waals surface area contributed by atoms with Gasteiger partial charge in [0.25, 0.3) is 0 Å². The summed E-state index contributed by atoms with van der Waals surface area (Å²) in [7, 11) is -0.770. The SMILES string of the molecule is COc1ccc(OC)c(S(=O)(=O)NC2CCN(c3nccs3)C2)c1. The lowest BCUT2D eigenvalue weighted by molar-refractivity contribution is 0.391. The summed E-state index contributed by atoms with van der Waals surface area (Å²) in [6, 6.07) is 4.55. The maximum Gasteiger partial charge on any atom is 0.244 e. The molecule has 1 unspecified atom stereocenters. The van der Waals surface area contributed by atoms with Gasteiger partial charge in [-0.3, -0.25) is 0 Å². The second-order valence-corrected chi connectivity index (χ2v) is 7.94. The third-order valence-electron chi connectivity index (χ3n) is 3.86. The number of nitrogens with zero attached hydrogens (tertiary/aromatic N) is 2. The Hall–Kier alpha value is -1.84. The molecule has 2 aromatic rings. The van der Waals surface area contributed by atoms with Crippen LogP contribution in [0.2, 0.25) is 0 Å². The standard InChI is InChI=1S/C15H19N3O4S2/c1-21-12-3-4-13(22-2)14(9-12)24(19,20)17-11-5-7-18(10-11)15-16-6-8-23-15/h3-4,6,8-9,11,17H,5,7,10H2,1-2H3. The molecule has 24 heavy (non-hydrogen) atoms. The molecule has 0 bridgehead atoms. The molecular weight excluding hydrogens is 350 g/mol. The van der Waals surface area contributed by atoms with Crippen molar-refractivity contribution in [1.82, 2.24) is 9.71 Å². The molecule has 0 radical (unpaired) electrons. The van der Waals surface area contributed by atoms with Crippen molar-refractivity contribution >= 4 is 26.5 Å². The average molecular weight is 369 g/mol. The first-order valence-corrected chi connectivity index (χ1v) is 9.78. The van der Waals surface area contributed by atoms with Gasteiger partial charge in [-0.25, -0.2) is 18.1 Å². The Kier molecular flexibility index (Phi) is 4.93. The van der Waals surface area contributed by atoms with E-state index in [1.54, 1.807) is 29.7 Å². The summed E-state index contributed by atoms with van der Waals surface area (Å²) in [5, 5.41) is 2.82. The van der Waals surface area contributed by atoms with Gasteiger partial charge in [0.2, 0.25) is 10.0 Å². The molecule has 0 amide bonds. The molecular formula is C15H19N3O4S2. The van der Waals surface area contributed by atoms with E-state index in [0.29, 0.717) is 12.3 Å². The van der Waals surface area contributed by atoms with Gasteiger partial charge in [0, 0.05) is 36.8 Å². The highest BCUT2D eigenvalue weighted by Gasteiger charge is 2.30. The Morgan fingerprint density at radius 3 is 2.83 bits per heavy atom. The molecule has 0 saturated carbocycles. The molecule has 0 spiro atoms. The summed E-state index contributed by atoms with van der Waals surface area (Å²) in [6.45, 7) is 1.37. The van der Waals surface area contributed by atoms with Crippen LogP contribution < -0.4 is 19.1 Å². The van der Waals surface area contributed by atoms with Crippen molar-refractivity contribution < 1.29 is 17.9 Å². The molecule has 9 heteroatoms. The highest BCUT2D eigenvalue weighted by Crippen LogP contribution is 2.29. The Balaban J connectivity index is 1.77. The molecule has 130 valence electrons. The van der Waals surface area contributed by atoms with E-state index in [2.05, 4.69) is 14.6 Å². The Bertz CT molecular complexity index is 793. The molecule has 0 aliphatic carbocycles. The van der Waals surface area contributed by atoms with Crippen LogP contribution in [0.25, 0.3) is 0 Å². The molecule has 1 N–H and O–H groups in total. The van der Waals surface area contributed by atoms with Gasteiger partial charge >= 0.3 is 0 Å². The number of aromatic nitrogens is 1. The number of sulfonamides is 1. The maximum atomic E-state index is 12.8. The zero-order chi connectivity index (χ0) is 17.2. The molecule has 1 atom stereocenters. The van der Waals surface area contributed by atoms with Crippen molar-refractivity contribution in [2.24, 2.45) is 0 Å². The molecule has 1 saturated heterocycles. The van der Waals surface area contributed by atoms with E-state index in [0.717, 1.165) is 18.1 Å². The van der Waals surface area contributed by atoms with Gasteiger partial charge in [-0.1, -0.05) is 0 Å². The van der Waals surface area contributed by atoms with E-state index in [9.17, 15) is 8.42 Å². The summed E-state index contributed by atoms with van der Waals surface area (Å²) < 4.78 is 38.6. The fourth-order valence-electron chi connectivity index (χ4n) is 2.68. The summed E-state index contributed by atoms with van der Waals surface area (Å²) >= 11 is 1.55. The maximum absolute atomic E-state index is 12.8. The minimum Gasteiger partial charge on any atom is -0.497 e. The first-order chi connectivity index (χ1) is 11.5. The number of nitrogens with one attached hydrogen (secondary N) is 1. The van der Waals surface area contributed by atoms with Crippen molar-refractivity contribution in [1.29, 1.82) is 0 Å². The van der Waals surface area contributed by atoms with Gasteiger partial charge < -0.3 is 14.4 Å². The van der Waals surface area contributed by atoms with Crippen LogP contribution in [-0.4, -0.2) is 46.8 Å². The van der Waals surface area contributed by atoms with Crippen molar-refractivity contribution in [3.63, 3.8) is 0 Å². The number of anilines is 1. The minimum absolute atomic E-state index is 0.0806. The largest absolute Gasteiger partial charge is 0.497 e. The van der Waals surface area contributed by atoms with Crippen LogP contribution >= 0.6 is 11.3 Å². The van der Waals surface area contributed by atoms with Gasteiger partial charge in [0.05, 0.1) is 14.2 Å². The summed E-state index contributed by atoms with van der Waals surface area (Å²) in [6.07, 6.45) is 2.48. The van der Waals surface area contributed by atoms with Crippen LogP contribution in [-0.2, 0) is 10.0 Å². The highest BCUT2D eigenvalue weighted by molar-refractivity contribution is 7.89. The molecule has 7 nitrogen and oxygen atoms in total. The van der Waals surface area contributed by atoms with Crippen molar-refractivity contribution in [2.45, 2.75) is 17.4 Å². The molecule has 1 fully saturated rings. The lowest BCUT2D eigenvalue weighted by Gasteiger charge is -2.17. The van der Waals surface area contributed by atoms with Crippen LogP contribution in [0.1, 0.15) is 6.42 Å². The molecule has 2 heterocycles. The normalized spacial score (nSPS) is 17.9. The second-order valence-electron chi connectivity index (χ2n) is 5.38. The average Bonchev–Trinajstić information content (AvgIpc) is 3.25. The van der Waals surface area contributed by atoms with Crippen molar-refractivity contribution in [2.75, 3.05) is 32.2 Å². The summed E-state index contributed by atoms with van der Waals surface area (Å²) in [4.78, 5) is 6.43. The number of benzene rings is 1. The lowest BCUT2D eigenvalue weighted by atomic mass is 10.3. The van der Waals surface area contributed by atoms with Gasteiger partial charge in [-0.2, -0.15) is 0 Å². The minimum atomic E-state index is -3.71. The summed E-state index contributed by atoms with van der Waals surface area (Å²) in [5.74, 6) is 0.755. The number of thiazole rings is 1. The second kappa shape index (κ2) is 6.96. The van der Waals surface area contributed by atoms with Crippen LogP contribution in [0, 0.1) is 0 Å². The van der Waals surface area contributed by atoms with E-state index in [4.69, 9.17) is 9.47 Å². The molecule has 1 aromatic carbocycles. The fourth-order valence-corrected chi connectivity index (χ4v) is 4.80. The van der Waals surface area contributed by atoms with Crippen LogP contribution in [0.3, 0.4) is 0 Å². The van der Waals surface area contributed by atoms with Gasteiger partial charge in [0.1, 0.15) is 16.4 Å². The van der Waals surface area contributed by atoms with E-state index < -0.39 is 10.0 Å². The Morgan fingerprint density at radius 2 is 2.17 bits per heavy atom. The van der Waals surface area contributed by atoms with Gasteiger partial charge in [-0.05, 0) is 18.6 Å². The lowest BCUT2D eigenvalue weighted by Crippen LogP contribution is -2.37. The van der Waals surface area contributed by atoms with Crippen molar-refractivity contribution in [3.05, 3.63) is 29.8 Å². The van der Waals surface area contributed by atoms with E-state index in [-0.39, 0.29) is 16.7 Å². The van der Waals surface area contributed by atoms with E-state index in [1.807, 2.05) is 5.38 Å². The number of methoxy groups -OCH3 is 2. The molecule has 3 rings (SSSR count). The number of rotatable bonds is 6. The number of ether oxygens (including phenoxy) is 2. The first-order valence-electron chi connectivity index (χ1n) is 7.42. The monoisotopic (exact) mass is 369 g/mol. The van der Waals surface area contributed by atoms with Gasteiger partial charge in [0.15, 0.2) is 5.13 Å². The predicted octanol–water partition coefficient (Wildman–Crippen LogP) is 1.72. The quantitative estimate of drug-likeness (QED) is 0.835. The highest BCUT2D eigenvalue weighted by atomic mass is 32.2. The smallest absolute Gasteiger partial charge is 0.244 e. The Labute approximate surface area is 145 Å². The zero-order valence-electron chi connectivity index (χ0n) is 13.4. The topological polar surface area (TPSA) is 80.8 Å².